The second-order valence-electron chi connectivity index (χ2n) is 6.70. The lowest BCUT2D eigenvalue weighted by molar-refractivity contribution is -0.119. The summed E-state index contributed by atoms with van der Waals surface area (Å²) in [6.45, 7) is 6.13. The first-order chi connectivity index (χ1) is 12.4. The maximum atomic E-state index is 12.9. The smallest absolute Gasteiger partial charge is 0.268 e. The van der Waals surface area contributed by atoms with Crippen LogP contribution in [-0.4, -0.2) is 11.8 Å². The summed E-state index contributed by atoms with van der Waals surface area (Å²) in [5, 5.41) is -0.0201. The van der Waals surface area contributed by atoms with E-state index >= 15 is 0 Å². The molecule has 0 N–H and O–H groups in total. The third-order valence-corrected chi connectivity index (χ3v) is 5.19. The van der Waals surface area contributed by atoms with Crippen LogP contribution in [0.15, 0.2) is 47.5 Å². The summed E-state index contributed by atoms with van der Waals surface area (Å²) in [4.78, 5) is 26.7. The van der Waals surface area contributed by atoms with Gasteiger partial charge < -0.3 is 0 Å². The van der Waals surface area contributed by atoms with Gasteiger partial charge in [0.2, 0.25) is 0 Å². The number of rotatable bonds is 5. The summed E-state index contributed by atoms with van der Waals surface area (Å²) < 4.78 is 0. The van der Waals surface area contributed by atoms with Crippen molar-refractivity contribution in [2.75, 3.05) is 4.90 Å². The SMILES string of the molecule is CCCCc1ccc(N2C(=O)C(Cl)=C(c3ccc(C)c(C)c3)C2=O)cc1. The van der Waals surface area contributed by atoms with Gasteiger partial charge >= 0.3 is 0 Å². The normalized spacial score (nSPS) is 14.5. The van der Waals surface area contributed by atoms with Gasteiger partial charge in [0.1, 0.15) is 5.03 Å². The number of carbonyl (C=O) groups is 2. The zero-order valence-electron chi connectivity index (χ0n) is 15.3. The monoisotopic (exact) mass is 367 g/mol. The highest BCUT2D eigenvalue weighted by Gasteiger charge is 2.39. The van der Waals surface area contributed by atoms with Crippen molar-refractivity contribution < 1.29 is 9.59 Å². The number of carbonyl (C=O) groups excluding carboxylic acids is 2. The maximum absolute atomic E-state index is 12.9. The molecule has 0 bridgehead atoms. The van der Waals surface area contributed by atoms with Crippen molar-refractivity contribution in [2.24, 2.45) is 0 Å². The largest absolute Gasteiger partial charge is 0.277 e. The van der Waals surface area contributed by atoms with Gasteiger partial charge in [0, 0.05) is 0 Å². The molecule has 0 radical (unpaired) electrons. The Labute approximate surface area is 159 Å². The van der Waals surface area contributed by atoms with Crippen LogP contribution in [0.1, 0.15) is 42.0 Å². The minimum Gasteiger partial charge on any atom is -0.268 e. The number of hydrogen-bond acceptors (Lipinski definition) is 2. The van der Waals surface area contributed by atoms with E-state index in [0.29, 0.717) is 11.3 Å². The summed E-state index contributed by atoms with van der Waals surface area (Å²) in [6.07, 6.45) is 3.24. The van der Waals surface area contributed by atoms with Crippen LogP contribution in [0.2, 0.25) is 0 Å². The van der Waals surface area contributed by atoms with Crippen LogP contribution in [0.3, 0.4) is 0 Å². The van der Waals surface area contributed by atoms with Crippen molar-refractivity contribution in [3.05, 3.63) is 69.8 Å². The number of benzene rings is 2. The number of unbranched alkanes of at least 4 members (excludes halogenated alkanes) is 1. The fourth-order valence-corrected chi connectivity index (χ4v) is 3.35. The van der Waals surface area contributed by atoms with Crippen molar-refractivity contribution in [3.63, 3.8) is 0 Å². The van der Waals surface area contributed by atoms with Crippen LogP contribution in [-0.2, 0) is 16.0 Å². The minimum absolute atomic E-state index is 0.0201. The van der Waals surface area contributed by atoms with Gasteiger partial charge in [0.15, 0.2) is 0 Å². The number of imide groups is 1. The zero-order chi connectivity index (χ0) is 18.8. The van der Waals surface area contributed by atoms with E-state index in [2.05, 4.69) is 6.92 Å². The molecule has 0 aromatic heterocycles. The molecule has 2 aromatic carbocycles. The number of anilines is 1. The lowest BCUT2D eigenvalue weighted by Crippen LogP contribution is -2.31. The van der Waals surface area contributed by atoms with Crippen molar-refractivity contribution >= 4 is 34.7 Å². The lowest BCUT2D eigenvalue weighted by atomic mass is 10.0. The maximum Gasteiger partial charge on any atom is 0.277 e. The van der Waals surface area contributed by atoms with Crippen molar-refractivity contribution in [3.8, 4) is 0 Å². The Morgan fingerprint density at radius 1 is 0.923 bits per heavy atom. The molecule has 1 aliphatic rings. The second-order valence-corrected chi connectivity index (χ2v) is 7.08. The predicted octanol–water partition coefficient (Wildman–Crippen LogP) is 5.17. The molecule has 134 valence electrons. The first-order valence-corrected chi connectivity index (χ1v) is 9.27. The second kappa shape index (κ2) is 7.46. The molecule has 1 aliphatic heterocycles. The van der Waals surface area contributed by atoms with E-state index in [1.807, 2.05) is 56.3 Å². The van der Waals surface area contributed by atoms with E-state index in [4.69, 9.17) is 11.6 Å². The molecule has 2 amide bonds. The fraction of sp³-hybridized carbons (Fsp3) is 0.273. The summed E-state index contributed by atoms with van der Waals surface area (Å²) in [5.74, 6) is -0.837. The molecular formula is C22H22ClNO2. The summed E-state index contributed by atoms with van der Waals surface area (Å²) >= 11 is 6.26. The third-order valence-electron chi connectivity index (χ3n) is 4.84. The quantitative estimate of drug-likeness (QED) is 0.683. The molecule has 0 aliphatic carbocycles. The molecule has 26 heavy (non-hydrogen) atoms. The van der Waals surface area contributed by atoms with Crippen molar-refractivity contribution in [1.29, 1.82) is 0 Å². The first-order valence-electron chi connectivity index (χ1n) is 8.89. The van der Waals surface area contributed by atoms with Crippen LogP contribution in [0, 0.1) is 13.8 Å². The zero-order valence-corrected chi connectivity index (χ0v) is 16.1. The summed E-state index contributed by atoms with van der Waals surface area (Å²) in [6, 6.07) is 13.2. The number of aryl methyl sites for hydroxylation is 3. The average Bonchev–Trinajstić information content (AvgIpc) is 2.85. The van der Waals surface area contributed by atoms with Crippen LogP contribution in [0.25, 0.3) is 5.57 Å². The Hall–Kier alpha value is -2.39. The lowest BCUT2D eigenvalue weighted by Gasteiger charge is -2.15. The highest BCUT2D eigenvalue weighted by Crippen LogP contribution is 2.35. The van der Waals surface area contributed by atoms with E-state index in [-0.39, 0.29) is 16.5 Å². The molecule has 3 nitrogen and oxygen atoms in total. The van der Waals surface area contributed by atoms with Gasteiger partial charge in [-0.2, -0.15) is 0 Å². The topological polar surface area (TPSA) is 37.4 Å². The molecule has 3 rings (SSSR count). The fourth-order valence-electron chi connectivity index (χ4n) is 3.08. The highest BCUT2D eigenvalue weighted by atomic mass is 35.5. The Bertz CT molecular complexity index is 897. The van der Waals surface area contributed by atoms with Gasteiger partial charge in [-0.25, -0.2) is 4.90 Å². The summed E-state index contributed by atoms with van der Waals surface area (Å²) in [5.41, 5.74) is 4.88. The Kier molecular flexibility index (Phi) is 5.28. The molecule has 1 heterocycles. The molecule has 4 heteroatoms. The van der Waals surface area contributed by atoms with Gasteiger partial charge in [-0.05, 0) is 61.1 Å². The van der Waals surface area contributed by atoms with Crippen LogP contribution >= 0.6 is 11.6 Å². The number of hydrogen-bond donors (Lipinski definition) is 0. The van der Waals surface area contributed by atoms with E-state index in [9.17, 15) is 9.59 Å². The Balaban J connectivity index is 1.91. The highest BCUT2D eigenvalue weighted by molar-refractivity contribution is 6.60. The van der Waals surface area contributed by atoms with Crippen LogP contribution in [0.5, 0.6) is 0 Å². The van der Waals surface area contributed by atoms with Crippen LogP contribution < -0.4 is 4.90 Å². The van der Waals surface area contributed by atoms with E-state index < -0.39 is 5.91 Å². The molecule has 0 fully saturated rings. The van der Waals surface area contributed by atoms with E-state index in [1.54, 1.807) is 0 Å². The number of halogens is 1. The predicted molar refractivity (Wildman–Crippen MR) is 106 cm³/mol. The van der Waals surface area contributed by atoms with E-state index in [1.165, 1.54) is 5.56 Å². The van der Waals surface area contributed by atoms with Gasteiger partial charge in [-0.3, -0.25) is 9.59 Å². The van der Waals surface area contributed by atoms with Crippen molar-refractivity contribution in [1.82, 2.24) is 0 Å². The van der Waals surface area contributed by atoms with Crippen LogP contribution in [0.4, 0.5) is 5.69 Å². The Morgan fingerprint density at radius 3 is 2.23 bits per heavy atom. The van der Waals surface area contributed by atoms with Gasteiger partial charge in [0.05, 0.1) is 11.3 Å². The molecule has 0 spiro atoms. The van der Waals surface area contributed by atoms with Gasteiger partial charge in [0.25, 0.3) is 11.8 Å². The Morgan fingerprint density at radius 2 is 1.62 bits per heavy atom. The number of amides is 2. The average molecular weight is 368 g/mol. The molecule has 0 saturated carbocycles. The molecular weight excluding hydrogens is 346 g/mol. The molecule has 0 atom stereocenters. The molecule has 0 unspecified atom stereocenters. The van der Waals surface area contributed by atoms with Gasteiger partial charge in [-0.1, -0.05) is 55.3 Å². The number of nitrogens with zero attached hydrogens (tertiary/aromatic N) is 1. The molecule has 2 aromatic rings. The van der Waals surface area contributed by atoms with Gasteiger partial charge in [-0.15, -0.1) is 0 Å². The van der Waals surface area contributed by atoms with E-state index in [0.717, 1.165) is 35.3 Å². The first kappa shape index (κ1) is 18.4. The standard InChI is InChI=1S/C22H22ClNO2/c1-4-5-6-16-8-11-18(12-9-16)24-21(25)19(20(23)22(24)26)17-10-7-14(2)15(3)13-17/h7-13H,4-6H2,1-3H3. The van der Waals surface area contributed by atoms with Crippen molar-refractivity contribution in [2.45, 2.75) is 40.0 Å². The third kappa shape index (κ3) is 3.32. The minimum atomic E-state index is -0.466. The summed E-state index contributed by atoms with van der Waals surface area (Å²) in [7, 11) is 0. The molecule has 0 saturated heterocycles.